The van der Waals surface area contributed by atoms with Crippen molar-refractivity contribution in [2.45, 2.75) is 37.3 Å². The summed E-state index contributed by atoms with van der Waals surface area (Å²) in [5.74, 6) is -3.96. The van der Waals surface area contributed by atoms with E-state index in [2.05, 4.69) is 5.32 Å². The number of benzene rings is 1. The lowest BCUT2D eigenvalue weighted by molar-refractivity contribution is -0.117. The van der Waals surface area contributed by atoms with Crippen LogP contribution in [0.5, 0.6) is 0 Å². The lowest BCUT2D eigenvalue weighted by atomic mass is 10.3. The van der Waals surface area contributed by atoms with Crippen molar-refractivity contribution in [3.63, 3.8) is 0 Å². The van der Waals surface area contributed by atoms with Crippen LogP contribution in [0, 0.1) is 0 Å². The summed E-state index contributed by atoms with van der Waals surface area (Å²) in [7, 11) is -4.76. The van der Waals surface area contributed by atoms with Gasteiger partial charge in [-0.05, 0) is 38.1 Å². The number of hydrogen-bond donors (Lipinski definition) is 1. The van der Waals surface area contributed by atoms with Crippen LogP contribution in [0.15, 0.2) is 29.2 Å². The third-order valence-corrected chi connectivity index (χ3v) is 4.59. The van der Waals surface area contributed by atoms with Crippen molar-refractivity contribution in [3.8, 4) is 0 Å². The highest BCUT2D eigenvalue weighted by atomic mass is 32.2. The fraction of sp³-hybridized carbons (Fsp3) is 0.533. The SMILES string of the molecule is CCCN(CCC)CC(=O)Nc1ccccc1S(=O)(=O)C(F)F. The molecule has 0 bridgehead atoms. The fourth-order valence-corrected chi connectivity index (χ4v) is 3.09. The van der Waals surface area contributed by atoms with Crippen LogP contribution < -0.4 is 5.32 Å². The minimum atomic E-state index is -4.76. The van der Waals surface area contributed by atoms with Crippen molar-refractivity contribution in [2.75, 3.05) is 25.0 Å². The molecular formula is C15H22F2N2O3S. The first-order valence-corrected chi connectivity index (χ1v) is 9.00. The van der Waals surface area contributed by atoms with E-state index in [1.807, 2.05) is 18.7 Å². The minimum absolute atomic E-state index is 0.0880. The minimum Gasteiger partial charge on any atom is -0.324 e. The largest absolute Gasteiger partial charge is 0.341 e. The molecule has 0 saturated carbocycles. The third kappa shape index (κ3) is 5.54. The molecule has 0 atom stereocenters. The van der Waals surface area contributed by atoms with E-state index >= 15 is 0 Å². The first-order valence-electron chi connectivity index (χ1n) is 7.46. The molecule has 1 rings (SSSR count). The Morgan fingerprint density at radius 3 is 2.26 bits per heavy atom. The number of carbonyl (C=O) groups excluding carboxylic acids is 1. The Labute approximate surface area is 135 Å². The third-order valence-electron chi connectivity index (χ3n) is 3.15. The topological polar surface area (TPSA) is 66.5 Å². The zero-order chi connectivity index (χ0) is 17.5. The van der Waals surface area contributed by atoms with E-state index < -0.39 is 26.4 Å². The summed E-state index contributed by atoms with van der Waals surface area (Å²) in [5.41, 5.74) is -0.120. The maximum atomic E-state index is 12.7. The number of nitrogens with zero attached hydrogens (tertiary/aromatic N) is 1. The number of nitrogens with one attached hydrogen (secondary N) is 1. The molecule has 130 valence electrons. The Balaban J connectivity index is 2.91. The second kappa shape index (κ2) is 8.93. The van der Waals surface area contributed by atoms with Crippen LogP contribution >= 0.6 is 0 Å². The molecule has 1 aromatic rings. The van der Waals surface area contributed by atoms with Gasteiger partial charge in [-0.15, -0.1) is 0 Å². The van der Waals surface area contributed by atoms with Gasteiger partial charge in [-0.3, -0.25) is 9.69 Å². The number of anilines is 1. The Morgan fingerprint density at radius 2 is 1.74 bits per heavy atom. The molecule has 0 spiro atoms. The molecule has 0 fully saturated rings. The first kappa shape index (κ1) is 19.5. The number of amides is 1. The van der Waals surface area contributed by atoms with Crippen LogP contribution in [0.1, 0.15) is 26.7 Å². The first-order chi connectivity index (χ1) is 10.8. The molecule has 0 saturated heterocycles. The molecule has 1 aromatic carbocycles. The summed E-state index contributed by atoms with van der Waals surface area (Å²) in [6.45, 7) is 5.54. The predicted octanol–water partition coefficient (Wildman–Crippen LogP) is 2.74. The van der Waals surface area contributed by atoms with E-state index in [0.717, 1.165) is 32.0 Å². The zero-order valence-electron chi connectivity index (χ0n) is 13.3. The van der Waals surface area contributed by atoms with Gasteiger partial charge in [0.1, 0.15) is 0 Å². The molecule has 0 aliphatic heterocycles. The van der Waals surface area contributed by atoms with Crippen molar-refractivity contribution in [1.29, 1.82) is 0 Å². The number of hydrogen-bond acceptors (Lipinski definition) is 4. The van der Waals surface area contributed by atoms with E-state index in [-0.39, 0.29) is 12.2 Å². The van der Waals surface area contributed by atoms with Crippen LogP contribution in [-0.4, -0.2) is 44.6 Å². The van der Waals surface area contributed by atoms with Crippen LogP contribution in [0.4, 0.5) is 14.5 Å². The van der Waals surface area contributed by atoms with Crippen LogP contribution in [-0.2, 0) is 14.6 Å². The molecular weight excluding hydrogens is 326 g/mol. The maximum absolute atomic E-state index is 12.7. The number of alkyl halides is 2. The van der Waals surface area contributed by atoms with Crippen molar-refractivity contribution in [1.82, 2.24) is 4.90 Å². The Bertz CT molecular complexity index is 615. The van der Waals surface area contributed by atoms with Gasteiger partial charge in [0.05, 0.1) is 17.1 Å². The second-order valence-electron chi connectivity index (χ2n) is 5.13. The normalized spacial score (nSPS) is 11.9. The molecule has 1 N–H and O–H groups in total. The smallest absolute Gasteiger partial charge is 0.324 e. The van der Waals surface area contributed by atoms with E-state index in [4.69, 9.17) is 0 Å². The van der Waals surface area contributed by atoms with Gasteiger partial charge in [0.15, 0.2) is 0 Å². The molecule has 0 aliphatic carbocycles. The quantitative estimate of drug-likeness (QED) is 0.745. The molecule has 0 aromatic heterocycles. The Hall–Kier alpha value is -1.54. The van der Waals surface area contributed by atoms with Gasteiger partial charge in [-0.2, -0.15) is 8.78 Å². The lowest BCUT2D eigenvalue weighted by Gasteiger charge is -2.20. The molecule has 0 aliphatic rings. The maximum Gasteiger partial charge on any atom is 0.341 e. The van der Waals surface area contributed by atoms with Crippen molar-refractivity contribution < 1.29 is 22.0 Å². The van der Waals surface area contributed by atoms with Gasteiger partial charge >= 0.3 is 5.76 Å². The highest BCUT2D eigenvalue weighted by molar-refractivity contribution is 7.91. The number of para-hydroxylation sites is 1. The number of halogens is 2. The average Bonchev–Trinajstić information content (AvgIpc) is 2.47. The molecule has 1 amide bonds. The highest BCUT2D eigenvalue weighted by Crippen LogP contribution is 2.26. The molecule has 8 heteroatoms. The predicted molar refractivity (Wildman–Crippen MR) is 85.3 cm³/mol. The van der Waals surface area contributed by atoms with Gasteiger partial charge < -0.3 is 5.32 Å². The number of sulfone groups is 1. The summed E-state index contributed by atoms with van der Waals surface area (Å²) in [6, 6.07) is 5.19. The van der Waals surface area contributed by atoms with E-state index in [0.29, 0.717) is 0 Å². The standard InChI is InChI=1S/C15H22F2N2O3S/c1-3-9-19(10-4-2)11-14(20)18-12-7-5-6-8-13(12)23(21,22)15(16)17/h5-8,15H,3-4,9-11H2,1-2H3,(H,18,20). The second-order valence-corrected chi connectivity index (χ2v) is 7.01. The number of carbonyl (C=O) groups is 1. The summed E-state index contributed by atoms with van der Waals surface area (Å²) in [5, 5.41) is 2.43. The summed E-state index contributed by atoms with van der Waals surface area (Å²) in [4.78, 5) is 13.4. The Morgan fingerprint density at radius 1 is 1.17 bits per heavy atom. The zero-order valence-corrected chi connectivity index (χ0v) is 14.1. The summed E-state index contributed by atoms with van der Waals surface area (Å²) >= 11 is 0. The van der Waals surface area contributed by atoms with E-state index in [9.17, 15) is 22.0 Å². The van der Waals surface area contributed by atoms with Gasteiger partial charge in [0, 0.05) is 0 Å². The van der Waals surface area contributed by atoms with Crippen LogP contribution in [0.3, 0.4) is 0 Å². The van der Waals surface area contributed by atoms with Crippen molar-refractivity contribution >= 4 is 21.4 Å². The van der Waals surface area contributed by atoms with Gasteiger partial charge in [-0.1, -0.05) is 26.0 Å². The fourth-order valence-electron chi connectivity index (χ4n) is 2.21. The lowest BCUT2D eigenvalue weighted by Crippen LogP contribution is -2.34. The summed E-state index contributed by atoms with van der Waals surface area (Å²) < 4.78 is 48.7. The molecule has 23 heavy (non-hydrogen) atoms. The van der Waals surface area contributed by atoms with Crippen LogP contribution in [0.25, 0.3) is 0 Å². The van der Waals surface area contributed by atoms with Crippen molar-refractivity contribution in [3.05, 3.63) is 24.3 Å². The molecule has 0 radical (unpaired) electrons. The molecule has 5 nitrogen and oxygen atoms in total. The van der Waals surface area contributed by atoms with Gasteiger partial charge in [0.25, 0.3) is 0 Å². The van der Waals surface area contributed by atoms with Crippen LogP contribution in [0.2, 0.25) is 0 Å². The average molecular weight is 348 g/mol. The Kier molecular flexibility index (Phi) is 7.57. The highest BCUT2D eigenvalue weighted by Gasteiger charge is 2.29. The molecule has 0 heterocycles. The molecule has 0 unspecified atom stereocenters. The van der Waals surface area contributed by atoms with E-state index in [1.54, 1.807) is 0 Å². The van der Waals surface area contributed by atoms with Crippen molar-refractivity contribution in [2.24, 2.45) is 0 Å². The van der Waals surface area contributed by atoms with E-state index in [1.165, 1.54) is 18.2 Å². The van der Waals surface area contributed by atoms with Gasteiger partial charge in [0.2, 0.25) is 15.7 Å². The summed E-state index contributed by atoms with van der Waals surface area (Å²) in [6.07, 6.45) is 1.76. The van der Waals surface area contributed by atoms with Gasteiger partial charge in [-0.25, -0.2) is 8.42 Å². The monoisotopic (exact) mass is 348 g/mol. The number of rotatable bonds is 9.